The highest BCUT2D eigenvalue weighted by molar-refractivity contribution is 8.03. The number of methoxy groups -OCH3 is 1. The highest BCUT2D eigenvalue weighted by Crippen LogP contribution is 2.35. The Morgan fingerprint density at radius 1 is 1.14 bits per heavy atom. The minimum Gasteiger partial charge on any atom is -0.497 e. The van der Waals surface area contributed by atoms with Crippen molar-refractivity contribution in [2.24, 2.45) is 0 Å². The number of hydrogen-bond donors (Lipinski definition) is 0. The fourth-order valence-electron chi connectivity index (χ4n) is 2.81. The Balaban J connectivity index is 1.78. The summed E-state index contributed by atoms with van der Waals surface area (Å²) in [6.07, 6.45) is -1.07. The molecule has 0 aliphatic heterocycles. The molecule has 0 amide bonds. The third-order valence-corrected chi connectivity index (χ3v) is 4.72. The van der Waals surface area contributed by atoms with Crippen LogP contribution in [-0.2, 0) is 19.1 Å². The van der Waals surface area contributed by atoms with E-state index in [1.165, 1.54) is 12.1 Å². The van der Waals surface area contributed by atoms with Gasteiger partial charge >= 0.3 is 6.18 Å². The fourth-order valence-corrected chi connectivity index (χ4v) is 3.23. The molecule has 8 heteroatoms. The topological polar surface area (TPSA) is 50.8 Å². The lowest BCUT2D eigenvalue weighted by Crippen LogP contribution is -2.09. The molecule has 0 saturated heterocycles. The first-order valence-corrected chi connectivity index (χ1v) is 9.11. The van der Waals surface area contributed by atoms with E-state index in [4.69, 9.17) is 10.00 Å². The second-order valence-electron chi connectivity index (χ2n) is 6.08. The third-order valence-electron chi connectivity index (χ3n) is 4.14. The maximum atomic E-state index is 13.4. The standard InChI is InChI=1S/C20H16F3N3OS/c1-27-17-5-2-14(3-6-17)11-26-12-15(10-25-26)8-16-4-7-18(28-13-24)9-19(16)20(21,22)23/h2-7,9-10,12H,8,11H2,1H3. The van der Waals surface area contributed by atoms with Crippen LogP contribution in [0, 0.1) is 10.7 Å². The third kappa shape index (κ3) is 4.87. The molecule has 2 aromatic carbocycles. The van der Waals surface area contributed by atoms with Crippen LogP contribution in [0.2, 0.25) is 0 Å². The van der Waals surface area contributed by atoms with E-state index in [1.54, 1.807) is 29.6 Å². The number of alkyl halides is 3. The van der Waals surface area contributed by atoms with Gasteiger partial charge in [-0.1, -0.05) is 18.2 Å². The van der Waals surface area contributed by atoms with Gasteiger partial charge < -0.3 is 4.74 Å². The summed E-state index contributed by atoms with van der Waals surface area (Å²) >= 11 is 0.709. The molecule has 144 valence electrons. The van der Waals surface area contributed by atoms with E-state index in [2.05, 4.69) is 5.10 Å². The molecule has 1 heterocycles. The summed E-state index contributed by atoms with van der Waals surface area (Å²) in [7, 11) is 1.59. The highest BCUT2D eigenvalue weighted by atomic mass is 32.2. The molecule has 0 unspecified atom stereocenters. The molecule has 0 N–H and O–H groups in total. The summed E-state index contributed by atoms with van der Waals surface area (Å²) in [6, 6.07) is 11.5. The number of aromatic nitrogens is 2. The van der Waals surface area contributed by atoms with Crippen LogP contribution >= 0.6 is 11.8 Å². The van der Waals surface area contributed by atoms with Gasteiger partial charge in [0.05, 0.1) is 25.4 Å². The number of benzene rings is 2. The Hall–Kier alpha value is -2.92. The van der Waals surface area contributed by atoms with Crippen LogP contribution in [0.15, 0.2) is 59.8 Å². The largest absolute Gasteiger partial charge is 0.497 e. The van der Waals surface area contributed by atoms with Gasteiger partial charge in [-0.25, -0.2) is 0 Å². The predicted octanol–water partition coefficient (Wildman–Crippen LogP) is 5.12. The highest BCUT2D eigenvalue weighted by Gasteiger charge is 2.33. The van der Waals surface area contributed by atoms with Crippen molar-refractivity contribution in [1.29, 1.82) is 5.26 Å². The summed E-state index contributed by atoms with van der Waals surface area (Å²) in [4.78, 5) is 0.272. The first kappa shape index (κ1) is 19.8. The van der Waals surface area contributed by atoms with Crippen LogP contribution in [0.4, 0.5) is 13.2 Å². The minimum absolute atomic E-state index is 0.106. The Bertz CT molecular complexity index is 991. The molecule has 0 aliphatic carbocycles. The van der Waals surface area contributed by atoms with Crippen molar-refractivity contribution >= 4 is 11.8 Å². The van der Waals surface area contributed by atoms with E-state index in [0.717, 1.165) is 17.4 Å². The van der Waals surface area contributed by atoms with Crippen LogP contribution in [0.25, 0.3) is 0 Å². The SMILES string of the molecule is COc1ccc(Cn2cc(Cc3ccc(SC#N)cc3C(F)(F)F)cn2)cc1. The van der Waals surface area contributed by atoms with Gasteiger partial charge in [-0.15, -0.1) is 0 Å². The quantitative estimate of drug-likeness (QED) is 0.423. The van der Waals surface area contributed by atoms with Gasteiger partial charge in [0, 0.05) is 17.5 Å². The Morgan fingerprint density at radius 2 is 1.89 bits per heavy atom. The zero-order valence-electron chi connectivity index (χ0n) is 14.9. The van der Waals surface area contributed by atoms with Gasteiger partial charge in [-0.3, -0.25) is 4.68 Å². The molecule has 0 spiro atoms. The number of nitrogens with zero attached hydrogens (tertiary/aromatic N) is 3. The molecule has 0 atom stereocenters. The lowest BCUT2D eigenvalue weighted by atomic mass is 10.0. The fraction of sp³-hybridized carbons (Fsp3) is 0.200. The van der Waals surface area contributed by atoms with Crippen LogP contribution in [0.5, 0.6) is 5.75 Å². The zero-order chi connectivity index (χ0) is 20.1. The minimum atomic E-state index is -4.49. The van der Waals surface area contributed by atoms with Gasteiger partial charge in [-0.05, 0) is 52.7 Å². The molecule has 0 fully saturated rings. The molecule has 0 saturated carbocycles. The van der Waals surface area contributed by atoms with Crippen LogP contribution in [0.1, 0.15) is 22.3 Å². The maximum absolute atomic E-state index is 13.4. The molecular formula is C20H16F3N3OS. The summed E-state index contributed by atoms with van der Waals surface area (Å²) in [5, 5.41) is 14.7. The number of thiocyanates is 1. The number of thioether (sulfide) groups is 1. The lowest BCUT2D eigenvalue weighted by Gasteiger charge is -2.13. The molecular weight excluding hydrogens is 387 g/mol. The number of rotatable bonds is 6. The van der Waals surface area contributed by atoms with E-state index < -0.39 is 11.7 Å². The van der Waals surface area contributed by atoms with Gasteiger partial charge in [0.1, 0.15) is 11.2 Å². The zero-order valence-corrected chi connectivity index (χ0v) is 15.7. The lowest BCUT2D eigenvalue weighted by molar-refractivity contribution is -0.138. The van der Waals surface area contributed by atoms with Crippen molar-refractivity contribution in [3.63, 3.8) is 0 Å². The summed E-state index contributed by atoms with van der Waals surface area (Å²) in [5.74, 6) is 0.752. The number of halogens is 3. The molecule has 0 aliphatic rings. The first-order chi connectivity index (χ1) is 13.4. The van der Waals surface area contributed by atoms with Gasteiger partial charge in [0.15, 0.2) is 0 Å². The van der Waals surface area contributed by atoms with Gasteiger partial charge in [-0.2, -0.15) is 23.5 Å². The number of hydrogen-bond acceptors (Lipinski definition) is 4. The second-order valence-corrected chi connectivity index (χ2v) is 6.94. The van der Waals surface area contributed by atoms with Crippen molar-refractivity contribution in [3.05, 3.63) is 77.1 Å². The van der Waals surface area contributed by atoms with Crippen LogP contribution in [0.3, 0.4) is 0 Å². The predicted molar refractivity (Wildman–Crippen MR) is 100 cm³/mol. The average molecular weight is 403 g/mol. The molecule has 3 rings (SSSR count). The monoisotopic (exact) mass is 403 g/mol. The Kier molecular flexibility index (Phi) is 5.95. The van der Waals surface area contributed by atoms with Gasteiger partial charge in [0.25, 0.3) is 0 Å². The Morgan fingerprint density at radius 3 is 2.54 bits per heavy atom. The number of ether oxygens (including phenoxy) is 1. The van der Waals surface area contributed by atoms with E-state index in [9.17, 15) is 13.2 Å². The van der Waals surface area contributed by atoms with E-state index >= 15 is 0 Å². The Labute approximate surface area is 164 Å². The molecule has 4 nitrogen and oxygen atoms in total. The smallest absolute Gasteiger partial charge is 0.416 e. The van der Waals surface area contributed by atoms with Crippen molar-refractivity contribution in [1.82, 2.24) is 9.78 Å². The maximum Gasteiger partial charge on any atom is 0.416 e. The van der Waals surface area contributed by atoms with Crippen molar-refractivity contribution in [3.8, 4) is 11.2 Å². The number of nitriles is 1. The molecule has 1 aromatic heterocycles. The molecule has 3 aromatic rings. The normalized spacial score (nSPS) is 11.2. The van der Waals surface area contributed by atoms with Gasteiger partial charge in [0.2, 0.25) is 0 Å². The summed E-state index contributed by atoms with van der Waals surface area (Å²) in [6.45, 7) is 0.508. The van der Waals surface area contributed by atoms with E-state index in [-0.39, 0.29) is 16.9 Å². The first-order valence-electron chi connectivity index (χ1n) is 8.29. The summed E-state index contributed by atoms with van der Waals surface area (Å²) in [5.41, 5.74) is 1.11. The van der Waals surface area contributed by atoms with E-state index in [1.807, 2.05) is 24.3 Å². The van der Waals surface area contributed by atoms with Crippen molar-refractivity contribution in [2.75, 3.05) is 7.11 Å². The molecule has 0 radical (unpaired) electrons. The van der Waals surface area contributed by atoms with Crippen molar-refractivity contribution in [2.45, 2.75) is 24.0 Å². The van der Waals surface area contributed by atoms with Crippen molar-refractivity contribution < 1.29 is 17.9 Å². The summed E-state index contributed by atoms with van der Waals surface area (Å²) < 4.78 is 47.0. The van der Waals surface area contributed by atoms with Crippen LogP contribution in [-0.4, -0.2) is 16.9 Å². The van der Waals surface area contributed by atoms with Crippen LogP contribution < -0.4 is 4.74 Å². The van der Waals surface area contributed by atoms with E-state index in [0.29, 0.717) is 23.9 Å². The second kappa shape index (κ2) is 8.40. The molecule has 28 heavy (non-hydrogen) atoms. The average Bonchev–Trinajstić information content (AvgIpc) is 3.10. The molecule has 0 bridgehead atoms.